The first-order chi connectivity index (χ1) is 17.5. The maximum atomic E-state index is 12.5. The van der Waals surface area contributed by atoms with E-state index in [0.717, 1.165) is 16.8 Å². The number of hydrazone groups is 1. The molecule has 1 aromatic heterocycles. The first-order valence-electron chi connectivity index (χ1n) is 10.9. The molecule has 3 aromatic carbocycles. The van der Waals surface area contributed by atoms with Gasteiger partial charge in [-0.1, -0.05) is 59.3 Å². The highest BCUT2D eigenvalue weighted by atomic mass is 35.5. The van der Waals surface area contributed by atoms with E-state index < -0.39 is 0 Å². The number of amides is 1. The van der Waals surface area contributed by atoms with Crippen LogP contribution >= 0.6 is 23.4 Å². The quantitative estimate of drug-likeness (QED) is 0.186. The number of aryl methyl sites for hydroxylation is 1. The molecule has 0 spiro atoms. The lowest BCUT2D eigenvalue weighted by Crippen LogP contribution is -2.20. The summed E-state index contributed by atoms with van der Waals surface area (Å²) in [6.07, 6.45) is 1.51. The van der Waals surface area contributed by atoms with Crippen LogP contribution in [0.1, 0.15) is 11.1 Å². The number of carbonyl (C=O) groups is 1. The van der Waals surface area contributed by atoms with Gasteiger partial charge in [0.15, 0.2) is 22.5 Å². The Bertz CT molecular complexity index is 1370. The minimum absolute atomic E-state index is 0.0895. The Morgan fingerprint density at radius 3 is 2.50 bits per heavy atom. The van der Waals surface area contributed by atoms with Crippen LogP contribution in [0, 0.1) is 6.92 Å². The van der Waals surface area contributed by atoms with Gasteiger partial charge in [-0.3, -0.25) is 9.36 Å². The van der Waals surface area contributed by atoms with Gasteiger partial charge in [0.25, 0.3) is 5.91 Å². The summed E-state index contributed by atoms with van der Waals surface area (Å²) >= 11 is 7.35. The number of hydrogen-bond acceptors (Lipinski definition) is 7. The summed E-state index contributed by atoms with van der Waals surface area (Å²) in [4.78, 5) is 12.5. The molecule has 0 saturated heterocycles. The molecule has 4 aromatic rings. The average Bonchev–Trinajstić information content (AvgIpc) is 3.32. The van der Waals surface area contributed by atoms with E-state index in [-0.39, 0.29) is 11.7 Å². The summed E-state index contributed by atoms with van der Waals surface area (Å²) in [6, 6.07) is 20.8. The van der Waals surface area contributed by atoms with Crippen LogP contribution in [-0.4, -0.2) is 46.9 Å². The molecule has 0 aliphatic carbocycles. The van der Waals surface area contributed by atoms with E-state index in [1.54, 1.807) is 32.4 Å². The number of aromatic nitrogens is 3. The third kappa shape index (κ3) is 5.87. The molecular weight excluding hydrogens is 498 g/mol. The zero-order valence-electron chi connectivity index (χ0n) is 19.9. The molecular formula is C26H24ClN5O3S. The molecule has 1 amide bonds. The van der Waals surface area contributed by atoms with Crippen molar-refractivity contribution >= 4 is 35.5 Å². The number of carbonyl (C=O) groups excluding carboxylic acids is 1. The monoisotopic (exact) mass is 521 g/mol. The van der Waals surface area contributed by atoms with Gasteiger partial charge in [-0.05, 0) is 43.3 Å². The van der Waals surface area contributed by atoms with Gasteiger partial charge in [0, 0.05) is 21.8 Å². The van der Waals surface area contributed by atoms with Gasteiger partial charge in [-0.25, -0.2) is 5.43 Å². The van der Waals surface area contributed by atoms with E-state index in [9.17, 15) is 4.79 Å². The van der Waals surface area contributed by atoms with Crippen molar-refractivity contribution in [2.24, 2.45) is 5.10 Å². The number of nitrogens with zero attached hydrogens (tertiary/aromatic N) is 4. The number of hydrogen-bond donors (Lipinski definition) is 1. The summed E-state index contributed by atoms with van der Waals surface area (Å²) < 4.78 is 12.6. The van der Waals surface area contributed by atoms with Crippen molar-refractivity contribution in [3.63, 3.8) is 0 Å². The summed E-state index contributed by atoms with van der Waals surface area (Å²) in [6.45, 7) is 2.03. The summed E-state index contributed by atoms with van der Waals surface area (Å²) in [5.41, 5.74) is 6.12. The van der Waals surface area contributed by atoms with Crippen LogP contribution in [0.2, 0.25) is 5.02 Å². The summed E-state index contributed by atoms with van der Waals surface area (Å²) in [5, 5.41) is 14.0. The molecule has 0 unspecified atom stereocenters. The van der Waals surface area contributed by atoms with Crippen molar-refractivity contribution in [3.05, 3.63) is 82.9 Å². The fraction of sp³-hybridized carbons (Fsp3) is 0.154. The second kappa shape index (κ2) is 11.7. The second-order valence-electron chi connectivity index (χ2n) is 7.65. The standard InChI is InChI=1S/C26H24ClN5O3S/c1-17-7-9-18(10-8-17)25-30-31-26(32(25)21-13-11-20(27)12-14-21)36-16-23(33)29-28-15-19-5-4-6-22(34-2)24(19)35-3/h4-15H,16H2,1-3H3,(H,29,33)/b28-15-. The Balaban J connectivity index is 1.50. The lowest BCUT2D eigenvalue weighted by atomic mass is 10.1. The van der Waals surface area contributed by atoms with Crippen LogP contribution in [0.4, 0.5) is 0 Å². The maximum Gasteiger partial charge on any atom is 0.250 e. The predicted octanol–water partition coefficient (Wildman–Crippen LogP) is 5.16. The number of halogens is 1. The third-order valence-electron chi connectivity index (χ3n) is 5.19. The highest BCUT2D eigenvalue weighted by Crippen LogP contribution is 2.30. The van der Waals surface area contributed by atoms with Gasteiger partial charge >= 0.3 is 0 Å². The number of thioether (sulfide) groups is 1. The van der Waals surface area contributed by atoms with Gasteiger partial charge in [0.2, 0.25) is 0 Å². The Morgan fingerprint density at radius 2 is 1.81 bits per heavy atom. The lowest BCUT2D eigenvalue weighted by Gasteiger charge is -2.11. The molecule has 36 heavy (non-hydrogen) atoms. The first-order valence-corrected chi connectivity index (χ1v) is 12.3. The molecule has 1 heterocycles. The number of rotatable bonds is 9. The van der Waals surface area contributed by atoms with E-state index >= 15 is 0 Å². The molecule has 0 fully saturated rings. The van der Waals surface area contributed by atoms with Gasteiger partial charge in [0.05, 0.1) is 26.2 Å². The highest BCUT2D eigenvalue weighted by molar-refractivity contribution is 7.99. The molecule has 0 aliphatic rings. The topological polar surface area (TPSA) is 90.6 Å². The number of nitrogens with one attached hydrogen (secondary N) is 1. The van der Waals surface area contributed by atoms with Gasteiger partial charge in [-0.15, -0.1) is 10.2 Å². The van der Waals surface area contributed by atoms with Gasteiger partial charge < -0.3 is 9.47 Å². The zero-order chi connectivity index (χ0) is 25.5. The summed E-state index contributed by atoms with van der Waals surface area (Å²) in [5.74, 6) is 1.58. The zero-order valence-corrected chi connectivity index (χ0v) is 21.5. The second-order valence-corrected chi connectivity index (χ2v) is 9.03. The molecule has 0 saturated carbocycles. The van der Waals surface area contributed by atoms with E-state index in [4.69, 9.17) is 21.1 Å². The molecule has 0 radical (unpaired) electrons. The molecule has 0 aliphatic heterocycles. The lowest BCUT2D eigenvalue weighted by molar-refractivity contribution is -0.118. The van der Waals surface area contributed by atoms with E-state index in [1.165, 1.54) is 18.0 Å². The smallest absolute Gasteiger partial charge is 0.250 e. The number of para-hydroxylation sites is 1. The van der Waals surface area contributed by atoms with Crippen molar-refractivity contribution in [1.82, 2.24) is 20.2 Å². The maximum absolute atomic E-state index is 12.5. The van der Waals surface area contributed by atoms with E-state index in [1.807, 2.05) is 60.0 Å². The Labute approximate surface area is 218 Å². The average molecular weight is 522 g/mol. The molecule has 4 rings (SSSR count). The van der Waals surface area contributed by atoms with Crippen LogP contribution in [0.25, 0.3) is 17.1 Å². The van der Waals surface area contributed by atoms with Crippen molar-refractivity contribution in [2.45, 2.75) is 12.1 Å². The Morgan fingerprint density at radius 1 is 1.06 bits per heavy atom. The van der Waals surface area contributed by atoms with Crippen molar-refractivity contribution in [2.75, 3.05) is 20.0 Å². The largest absolute Gasteiger partial charge is 0.493 e. The fourth-order valence-electron chi connectivity index (χ4n) is 3.43. The van der Waals surface area contributed by atoms with Crippen LogP contribution in [-0.2, 0) is 4.79 Å². The SMILES string of the molecule is COc1cccc(/C=N\NC(=O)CSc2nnc(-c3ccc(C)cc3)n2-c2ccc(Cl)cc2)c1OC. The van der Waals surface area contributed by atoms with E-state index in [2.05, 4.69) is 20.7 Å². The van der Waals surface area contributed by atoms with Crippen molar-refractivity contribution in [1.29, 1.82) is 0 Å². The fourth-order valence-corrected chi connectivity index (χ4v) is 4.30. The normalized spacial score (nSPS) is 11.0. The highest BCUT2D eigenvalue weighted by Gasteiger charge is 2.17. The number of benzene rings is 3. The number of ether oxygens (including phenoxy) is 2. The van der Waals surface area contributed by atoms with E-state index in [0.29, 0.717) is 33.1 Å². The minimum atomic E-state index is -0.291. The Kier molecular flexibility index (Phi) is 8.24. The molecule has 10 heteroatoms. The minimum Gasteiger partial charge on any atom is -0.493 e. The number of methoxy groups -OCH3 is 2. The van der Waals surface area contributed by atoms with Crippen LogP contribution < -0.4 is 14.9 Å². The van der Waals surface area contributed by atoms with Gasteiger partial charge in [0.1, 0.15) is 0 Å². The third-order valence-corrected chi connectivity index (χ3v) is 6.37. The van der Waals surface area contributed by atoms with Crippen molar-refractivity contribution in [3.8, 4) is 28.6 Å². The van der Waals surface area contributed by atoms with Crippen LogP contribution in [0.15, 0.2) is 77.0 Å². The van der Waals surface area contributed by atoms with Crippen molar-refractivity contribution < 1.29 is 14.3 Å². The summed E-state index contributed by atoms with van der Waals surface area (Å²) in [7, 11) is 3.11. The molecule has 0 bridgehead atoms. The first kappa shape index (κ1) is 25.3. The molecule has 184 valence electrons. The molecule has 1 N–H and O–H groups in total. The Hall–Kier alpha value is -3.82. The molecule has 0 atom stereocenters. The van der Waals surface area contributed by atoms with Gasteiger partial charge in [-0.2, -0.15) is 5.10 Å². The molecule has 8 nitrogen and oxygen atoms in total. The van der Waals surface area contributed by atoms with Crippen LogP contribution in [0.3, 0.4) is 0 Å². The van der Waals surface area contributed by atoms with Crippen LogP contribution in [0.5, 0.6) is 11.5 Å². The predicted molar refractivity (Wildman–Crippen MR) is 143 cm³/mol.